The third kappa shape index (κ3) is 1.71. The van der Waals surface area contributed by atoms with Crippen molar-refractivity contribution in [1.82, 2.24) is 4.90 Å². The summed E-state index contributed by atoms with van der Waals surface area (Å²) in [6.07, 6.45) is 3.16. The molecule has 3 nitrogen and oxygen atoms in total. The first-order valence-electron chi connectivity index (χ1n) is 5.63. The second-order valence-electron chi connectivity index (χ2n) is 4.58. The molecule has 2 fully saturated rings. The van der Waals surface area contributed by atoms with Gasteiger partial charge in [0.2, 0.25) is 11.8 Å². The normalized spacial score (nSPS) is 31.4. The van der Waals surface area contributed by atoms with Crippen molar-refractivity contribution in [3.05, 3.63) is 12.2 Å². The molecular formula is C12H17NO2. The summed E-state index contributed by atoms with van der Waals surface area (Å²) in [6.45, 7) is 6.62. The molecular weight excluding hydrogens is 190 g/mol. The number of imide groups is 1. The van der Waals surface area contributed by atoms with Crippen LogP contribution in [0.2, 0.25) is 0 Å². The first-order chi connectivity index (χ1) is 7.11. The third-order valence-corrected chi connectivity index (χ3v) is 3.68. The van der Waals surface area contributed by atoms with Gasteiger partial charge in [-0.05, 0) is 25.2 Å². The van der Waals surface area contributed by atoms with Crippen LogP contribution in [0.25, 0.3) is 0 Å². The smallest absolute Gasteiger partial charge is 0.232 e. The highest BCUT2D eigenvalue weighted by Crippen LogP contribution is 2.36. The molecule has 0 radical (unpaired) electrons. The van der Waals surface area contributed by atoms with Crippen molar-refractivity contribution >= 4 is 11.8 Å². The number of carbonyl (C=O) groups is 2. The summed E-state index contributed by atoms with van der Waals surface area (Å²) in [5.41, 5.74) is 1.15. The van der Waals surface area contributed by atoms with Crippen molar-refractivity contribution in [3.8, 4) is 0 Å². The lowest BCUT2D eigenvalue weighted by atomic mass is 9.95. The number of nitrogens with zero attached hydrogens (tertiary/aromatic N) is 1. The van der Waals surface area contributed by atoms with E-state index in [4.69, 9.17) is 0 Å². The summed E-state index contributed by atoms with van der Waals surface area (Å²) in [6, 6.07) is 0. The number of hydrogen-bond donors (Lipinski definition) is 0. The molecule has 1 saturated heterocycles. The van der Waals surface area contributed by atoms with Crippen molar-refractivity contribution in [3.63, 3.8) is 0 Å². The van der Waals surface area contributed by atoms with Crippen LogP contribution in [0.1, 0.15) is 32.6 Å². The van der Waals surface area contributed by atoms with Gasteiger partial charge < -0.3 is 0 Å². The fourth-order valence-electron chi connectivity index (χ4n) is 2.52. The zero-order chi connectivity index (χ0) is 11.0. The SMILES string of the molecule is C=C1CC[C@@H](C(=O)N2CCCC2=O)[C@@H]1C. The monoisotopic (exact) mass is 207 g/mol. The van der Waals surface area contributed by atoms with Crippen LogP contribution in [0.3, 0.4) is 0 Å². The summed E-state index contributed by atoms with van der Waals surface area (Å²) in [5.74, 6) is 0.277. The molecule has 0 spiro atoms. The summed E-state index contributed by atoms with van der Waals surface area (Å²) in [4.78, 5) is 25.0. The molecule has 2 amide bonds. The molecule has 2 rings (SSSR count). The van der Waals surface area contributed by atoms with Gasteiger partial charge in [0.05, 0.1) is 0 Å². The molecule has 2 atom stereocenters. The van der Waals surface area contributed by atoms with E-state index in [0.29, 0.717) is 13.0 Å². The summed E-state index contributed by atoms with van der Waals surface area (Å²) in [7, 11) is 0. The summed E-state index contributed by atoms with van der Waals surface area (Å²) in [5, 5.41) is 0. The Morgan fingerprint density at radius 2 is 2.20 bits per heavy atom. The minimum absolute atomic E-state index is 0.000417. The highest BCUT2D eigenvalue weighted by Gasteiger charge is 2.38. The van der Waals surface area contributed by atoms with Gasteiger partial charge in [0.25, 0.3) is 0 Å². The molecule has 0 N–H and O–H groups in total. The van der Waals surface area contributed by atoms with Gasteiger partial charge >= 0.3 is 0 Å². The van der Waals surface area contributed by atoms with Crippen molar-refractivity contribution in [2.24, 2.45) is 11.8 Å². The van der Waals surface area contributed by atoms with Crippen LogP contribution >= 0.6 is 0 Å². The molecule has 15 heavy (non-hydrogen) atoms. The van der Waals surface area contributed by atoms with E-state index in [9.17, 15) is 9.59 Å². The van der Waals surface area contributed by atoms with Crippen molar-refractivity contribution in [1.29, 1.82) is 0 Å². The topological polar surface area (TPSA) is 37.4 Å². The Morgan fingerprint density at radius 1 is 1.47 bits per heavy atom. The van der Waals surface area contributed by atoms with Gasteiger partial charge in [0, 0.05) is 18.9 Å². The van der Waals surface area contributed by atoms with E-state index in [1.54, 1.807) is 0 Å². The van der Waals surface area contributed by atoms with E-state index < -0.39 is 0 Å². The second-order valence-corrected chi connectivity index (χ2v) is 4.58. The Hall–Kier alpha value is -1.12. The highest BCUT2D eigenvalue weighted by molar-refractivity contribution is 5.98. The molecule has 0 bridgehead atoms. The van der Waals surface area contributed by atoms with E-state index >= 15 is 0 Å². The van der Waals surface area contributed by atoms with Gasteiger partial charge in [-0.3, -0.25) is 14.5 Å². The van der Waals surface area contributed by atoms with Gasteiger partial charge in [-0.1, -0.05) is 19.1 Å². The van der Waals surface area contributed by atoms with Gasteiger partial charge in [0.1, 0.15) is 0 Å². The first kappa shape index (κ1) is 10.4. The molecule has 1 heterocycles. The van der Waals surface area contributed by atoms with E-state index in [-0.39, 0.29) is 23.7 Å². The van der Waals surface area contributed by atoms with Gasteiger partial charge in [-0.25, -0.2) is 0 Å². The fraction of sp³-hybridized carbons (Fsp3) is 0.667. The molecule has 0 unspecified atom stereocenters. The first-order valence-corrected chi connectivity index (χ1v) is 5.63. The van der Waals surface area contributed by atoms with Gasteiger partial charge in [-0.15, -0.1) is 0 Å². The summed E-state index contributed by atoms with van der Waals surface area (Å²) < 4.78 is 0. The number of rotatable bonds is 1. The maximum Gasteiger partial charge on any atom is 0.232 e. The maximum atomic E-state index is 12.1. The molecule has 1 aliphatic heterocycles. The molecule has 0 aromatic rings. The second kappa shape index (κ2) is 3.80. The predicted octanol–water partition coefficient (Wildman–Crippen LogP) is 1.74. The lowest BCUT2D eigenvalue weighted by molar-refractivity contribution is -0.145. The Labute approximate surface area is 90.1 Å². The molecule has 82 valence electrons. The van der Waals surface area contributed by atoms with Gasteiger partial charge in [-0.2, -0.15) is 0 Å². The van der Waals surface area contributed by atoms with Crippen molar-refractivity contribution in [2.75, 3.05) is 6.54 Å². The Morgan fingerprint density at radius 3 is 2.67 bits per heavy atom. The van der Waals surface area contributed by atoms with E-state index in [2.05, 4.69) is 6.58 Å². The quantitative estimate of drug-likeness (QED) is 0.485. The Balaban J connectivity index is 2.08. The largest absolute Gasteiger partial charge is 0.282 e. The van der Waals surface area contributed by atoms with E-state index in [0.717, 1.165) is 24.8 Å². The number of amides is 2. The molecule has 1 saturated carbocycles. The molecule has 3 heteroatoms. The van der Waals surface area contributed by atoms with E-state index in [1.165, 1.54) is 4.90 Å². The zero-order valence-corrected chi connectivity index (χ0v) is 9.16. The highest BCUT2D eigenvalue weighted by atomic mass is 16.2. The van der Waals surface area contributed by atoms with Gasteiger partial charge in [0.15, 0.2) is 0 Å². The zero-order valence-electron chi connectivity index (χ0n) is 9.16. The van der Waals surface area contributed by atoms with Crippen molar-refractivity contribution in [2.45, 2.75) is 32.6 Å². The lowest BCUT2D eigenvalue weighted by Gasteiger charge is -2.21. The molecule has 0 aromatic heterocycles. The van der Waals surface area contributed by atoms with Crippen LogP contribution in [0.15, 0.2) is 12.2 Å². The average Bonchev–Trinajstić information content (AvgIpc) is 2.75. The van der Waals surface area contributed by atoms with Crippen LogP contribution in [-0.4, -0.2) is 23.3 Å². The predicted molar refractivity (Wildman–Crippen MR) is 57.0 cm³/mol. The van der Waals surface area contributed by atoms with Crippen LogP contribution in [-0.2, 0) is 9.59 Å². The fourth-order valence-corrected chi connectivity index (χ4v) is 2.52. The summed E-state index contributed by atoms with van der Waals surface area (Å²) >= 11 is 0. The standard InChI is InChI=1S/C12H17NO2/c1-8-5-6-10(9(8)2)12(15)13-7-3-4-11(13)14/h9-10H,1,3-7H2,2H3/t9-,10-/m1/s1. The Bertz CT molecular complexity index is 322. The number of hydrogen-bond acceptors (Lipinski definition) is 2. The average molecular weight is 207 g/mol. The number of allylic oxidation sites excluding steroid dienone is 1. The Kier molecular flexibility index (Phi) is 2.63. The van der Waals surface area contributed by atoms with Crippen LogP contribution in [0.5, 0.6) is 0 Å². The van der Waals surface area contributed by atoms with Crippen LogP contribution in [0, 0.1) is 11.8 Å². The minimum atomic E-state index is -0.000417. The number of carbonyl (C=O) groups excluding carboxylic acids is 2. The lowest BCUT2D eigenvalue weighted by Crippen LogP contribution is -2.37. The van der Waals surface area contributed by atoms with Crippen LogP contribution < -0.4 is 0 Å². The maximum absolute atomic E-state index is 12.1. The molecule has 1 aliphatic carbocycles. The van der Waals surface area contributed by atoms with Crippen LogP contribution in [0.4, 0.5) is 0 Å². The molecule has 2 aliphatic rings. The van der Waals surface area contributed by atoms with Crippen molar-refractivity contribution < 1.29 is 9.59 Å². The molecule has 0 aromatic carbocycles. The number of likely N-dealkylation sites (tertiary alicyclic amines) is 1. The third-order valence-electron chi connectivity index (χ3n) is 3.68. The minimum Gasteiger partial charge on any atom is -0.282 e. The van der Waals surface area contributed by atoms with E-state index in [1.807, 2.05) is 6.92 Å².